The smallest absolute Gasteiger partial charge is 0.254 e. The monoisotopic (exact) mass is 292 g/mol. The van der Waals surface area contributed by atoms with Crippen molar-refractivity contribution in [1.82, 2.24) is 4.90 Å². The summed E-state index contributed by atoms with van der Waals surface area (Å²) in [5, 5.41) is 10.2. The Balaban J connectivity index is 2.22. The number of carbonyl (C=O) groups excluding carboxylic acids is 2. The molecule has 1 fully saturated rings. The van der Waals surface area contributed by atoms with Gasteiger partial charge < -0.3 is 20.5 Å². The first-order valence-electron chi connectivity index (χ1n) is 6.83. The van der Waals surface area contributed by atoms with Crippen LogP contribution in [0.1, 0.15) is 28.8 Å². The van der Waals surface area contributed by atoms with E-state index in [9.17, 15) is 14.7 Å². The van der Waals surface area contributed by atoms with Crippen molar-refractivity contribution >= 4 is 11.8 Å². The second-order valence-electron chi connectivity index (χ2n) is 5.41. The number of likely N-dealkylation sites (tertiary alicyclic amines) is 1. The Morgan fingerprint density at radius 3 is 2.76 bits per heavy atom. The minimum Gasteiger partial charge on any atom is -0.496 e. The van der Waals surface area contributed by atoms with E-state index in [0.717, 1.165) is 5.56 Å². The number of amides is 2. The van der Waals surface area contributed by atoms with Gasteiger partial charge in [0.2, 0.25) is 0 Å². The Labute approximate surface area is 123 Å². The number of carbonyl (C=O) groups is 2. The summed E-state index contributed by atoms with van der Waals surface area (Å²) < 4.78 is 5.21. The van der Waals surface area contributed by atoms with Crippen molar-refractivity contribution in [3.05, 3.63) is 29.3 Å². The van der Waals surface area contributed by atoms with Crippen LogP contribution in [0.5, 0.6) is 5.75 Å². The maximum absolute atomic E-state index is 12.5. The number of benzene rings is 1. The molecule has 6 nitrogen and oxygen atoms in total. The average Bonchev–Trinajstić information content (AvgIpc) is 2.47. The molecule has 1 heterocycles. The Hall–Kier alpha value is -2.08. The lowest BCUT2D eigenvalue weighted by Crippen LogP contribution is -2.57. The average molecular weight is 292 g/mol. The van der Waals surface area contributed by atoms with Gasteiger partial charge in [-0.3, -0.25) is 9.59 Å². The first-order chi connectivity index (χ1) is 9.87. The number of piperidine rings is 1. The van der Waals surface area contributed by atoms with Crippen LogP contribution < -0.4 is 10.5 Å². The number of β-amino-alcohol motifs (C(OH)–C–C–N with tert-alkyl or cyclic N) is 1. The van der Waals surface area contributed by atoms with E-state index in [1.165, 1.54) is 4.90 Å². The molecule has 0 saturated carbocycles. The van der Waals surface area contributed by atoms with E-state index in [4.69, 9.17) is 10.5 Å². The van der Waals surface area contributed by atoms with Crippen molar-refractivity contribution in [2.75, 3.05) is 20.2 Å². The molecule has 2 rings (SSSR count). The van der Waals surface area contributed by atoms with E-state index in [1.807, 2.05) is 6.92 Å². The first-order valence-corrected chi connectivity index (χ1v) is 6.83. The molecule has 1 aromatic carbocycles. The van der Waals surface area contributed by atoms with Crippen molar-refractivity contribution in [1.29, 1.82) is 0 Å². The van der Waals surface area contributed by atoms with E-state index in [-0.39, 0.29) is 18.9 Å². The zero-order valence-corrected chi connectivity index (χ0v) is 12.3. The molecule has 0 aromatic heterocycles. The summed E-state index contributed by atoms with van der Waals surface area (Å²) in [6.45, 7) is 2.31. The minimum atomic E-state index is -1.64. The van der Waals surface area contributed by atoms with Crippen LogP contribution >= 0.6 is 0 Å². The summed E-state index contributed by atoms with van der Waals surface area (Å²) in [7, 11) is 1.54. The predicted octanol–water partition coefficient (Wildman–Crippen LogP) is 0.456. The number of hydrogen-bond donors (Lipinski definition) is 2. The Morgan fingerprint density at radius 1 is 1.43 bits per heavy atom. The zero-order chi connectivity index (χ0) is 15.6. The van der Waals surface area contributed by atoms with Crippen molar-refractivity contribution in [3.8, 4) is 5.75 Å². The van der Waals surface area contributed by atoms with Crippen LogP contribution in [0.3, 0.4) is 0 Å². The van der Waals surface area contributed by atoms with E-state index in [0.29, 0.717) is 24.3 Å². The molecule has 1 atom stereocenters. The molecule has 1 aromatic rings. The number of methoxy groups -OCH3 is 1. The van der Waals surface area contributed by atoms with Gasteiger partial charge in [0.25, 0.3) is 11.8 Å². The quantitative estimate of drug-likeness (QED) is 0.846. The lowest BCUT2D eigenvalue weighted by molar-refractivity contribution is -0.140. The van der Waals surface area contributed by atoms with Gasteiger partial charge in [-0.05, 0) is 37.5 Å². The zero-order valence-electron chi connectivity index (χ0n) is 12.3. The summed E-state index contributed by atoms with van der Waals surface area (Å²) >= 11 is 0. The molecule has 6 heteroatoms. The van der Waals surface area contributed by atoms with Gasteiger partial charge in [-0.1, -0.05) is 6.07 Å². The van der Waals surface area contributed by atoms with E-state index in [1.54, 1.807) is 25.3 Å². The number of primary amides is 1. The summed E-state index contributed by atoms with van der Waals surface area (Å²) in [6, 6.07) is 5.17. The highest BCUT2D eigenvalue weighted by atomic mass is 16.5. The van der Waals surface area contributed by atoms with Crippen LogP contribution in [-0.2, 0) is 4.79 Å². The first kappa shape index (κ1) is 15.3. The highest BCUT2D eigenvalue weighted by molar-refractivity contribution is 5.95. The highest BCUT2D eigenvalue weighted by Crippen LogP contribution is 2.24. The number of hydrogen-bond acceptors (Lipinski definition) is 4. The standard InChI is InChI=1S/C15H20N2O4/c1-10-4-5-11(8-12(10)21-2)13(18)17-7-3-6-15(20,9-17)14(16)19/h4-5,8,20H,3,6-7,9H2,1-2H3,(H2,16,19)/t15-/m1/s1. The SMILES string of the molecule is COc1cc(C(=O)N2CCC[C@](O)(C(N)=O)C2)ccc1C. The Morgan fingerprint density at radius 2 is 2.14 bits per heavy atom. The Kier molecular flexibility index (Phi) is 4.18. The van der Waals surface area contributed by atoms with Gasteiger partial charge in [-0.2, -0.15) is 0 Å². The van der Waals surface area contributed by atoms with Crippen LogP contribution in [0.4, 0.5) is 0 Å². The van der Waals surface area contributed by atoms with Gasteiger partial charge >= 0.3 is 0 Å². The number of nitrogens with two attached hydrogens (primary N) is 1. The van der Waals surface area contributed by atoms with Crippen molar-refractivity contribution in [2.45, 2.75) is 25.4 Å². The van der Waals surface area contributed by atoms with Crippen molar-refractivity contribution < 1.29 is 19.4 Å². The van der Waals surface area contributed by atoms with Gasteiger partial charge in [0.1, 0.15) is 5.75 Å². The normalized spacial score (nSPS) is 22.0. The summed E-state index contributed by atoms with van der Waals surface area (Å²) in [5.41, 5.74) is 4.98. The van der Waals surface area contributed by atoms with E-state index < -0.39 is 11.5 Å². The molecule has 0 aliphatic carbocycles. The van der Waals surface area contributed by atoms with Crippen LogP contribution in [0.2, 0.25) is 0 Å². The fraction of sp³-hybridized carbons (Fsp3) is 0.467. The topological polar surface area (TPSA) is 92.9 Å². The molecule has 114 valence electrons. The summed E-state index contributed by atoms with van der Waals surface area (Å²) in [6.07, 6.45) is 0.817. The van der Waals surface area contributed by atoms with Gasteiger partial charge in [-0.25, -0.2) is 0 Å². The second kappa shape index (κ2) is 5.73. The molecular formula is C15H20N2O4. The van der Waals surface area contributed by atoms with Crippen LogP contribution in [0, 0.1) is 6.92 Å². The fourth-order valence-corrected chi connectivity index (χ4v) is 2.55. The largest absolute Gasteiger partial charge is 0.496 e. The van der Waals surface area contributed by atoms with E-state index in [2.05, 4.69) is 0 Å². The molecule has 3 N–H and O–H groups in total. The predicted molar refractivity (Wildman–Crippen MR) is 77.0 cm³/mol. The molecule has 0 unspecified atom stereocenters. The summed E-state index contributed by atoms with van der Waals surface area (Å²) in [5.74, 6) is -0.405. The molecule has 1 saturated heterocycles. The lowest BCUT2D eigenvalue weighted by atomic mass is 9.91. The second-order valence-corrected chi connectivity index (χ2v) is 5.41. The maximum Gasteiger partial charge on any atom is 0.254 e. The van der Waals surface area contributed by atoms with Gasteiger partial charge in [0.15, 0.2) is 5.60 Å². The lowest BCUT2D eigenvalue weighted by Gasteiger charge is -2.37. The number of ether oxygens (including phenoxy) is 1. The van der Waals surface area contributed by atoms with Crippen molar-refractivity contribution in [3.63, 3.8) is 0 Å². The fourth-order valence-electron chi connectivity index (χ4n) is 2.55. The molecule has 2 amide bonds. The molecule has 1 aliphatic heterocycles. The Bertz CT molecular complexity index is 573. The molecule has 0 bridgehead atoms. The number of aliphatic hydroxyl groups is 1. The van der Waals surface area contributed by atoms with Gasteiger partial charge in [0.05, 0.1) is 13.7 Å². The highest BCUT2D eigenvalue weighted by Gasteiger charge is 2.40. The van der Waals surface area contributed by atoms with E-state index >= 15 is 0 Å². The third kappa shape index (κ3) is 3.00. The maximum atomic E-state index is 12.5. The molecular weight excluding hydrogens is 272 g/mol. The molecule has 0 spiro atoms. The van der Waals surface area contributed by atoms with Crippen molar-refractivity contribution in [2.24, 2.45) is 5.73 Å². The van der Waals surface area contributed by atoms with Gasteiger partial charge in [-0.15, -0.1) is 0 Å². The van der Waals surface area contributed by atoms with Gasteiger partial charge in [0, 0.05) is 12.1 Å². The third-order valence-electron chi connectivity index (χ3n) is 3.87. The van der Waals surface area contributed by atoms with Crippen LogP contribution in [-0.4, -0.2) is 47.6 Å². The number of rotatable bonds is 3. The van der Waals surface area contributed by atoms with Crippen LogP contribution in [0.15, 0.2) is 18.2 Å². The number of aryl methyl sites for hydroxylation is 1. The summed E-state index contributed by atoms with van der Waals surface area (Å²) in [4.78, 5) is 25.3. The molecule has 1 aliphatic rings. The molecule has 21 heavy (non-hydrogen) atoms. The molecule has 0 radical (unpaired) electrons. The number of nitrogens with zero attached hydrogens (tertiary/aromatic N) is 1. The van der Waals surface area contributed by atoms with Crippen LogP contribution in [0.25, 0.3) is 0 Å². The minimum absolute atomic E-state index is 0.0721. The third-order valence-corrected chi connectivity index (χ3v) is 3.87.